The maximum Gasteiger partial charge on any atom is 0.296 e. The average molecular weight is 669 g/mol. The molecule has 13 heteroatoms. The molecule has 6 rings (SSSR count). The fraction of sp³-hybridized carbons (Fsp3) is 0.161. The second kappa shape index (κ2) is 12.5. The number of ether oxygens (including phenoxy) is 2. The van der Waals surface area contributed by atoms with E-state index >= 15 is 0 Å². The number of benzene rings is 3. The standard InChI is InChI=1S/C31H23Cl2N3O6S2/c1-3-41-22-11-9-17(13-23(22)40-2)26-25(27(37)24-12-16-6-4-5-7-21(16)42-24)28(38)29(39)36(26)30-34-35-31(44-30)43-15-18-8-10-19(32)14-20(18)33/h4-14,26,38H,3,15H2,1-2H3. The van der Waals surface area contributed by atoms with Crippen molar-refractivity contribution in [2.45, 2.75) is 23.1 Å². The molecule has 0 saturated heterocycles. The number of thioether (sulfide) groups is 1. The number of rotatable bonds is 10. The predicted molar refractivity (Wildman–Crippen MR) is 171 cm³/mol. The van der Waals surface area contributed by atoms with Gasteiger partial charge in [-0.2, -0.15) is 0 Å². The zero-order valence-corrected chi connectivity index (χ0v) is 26.4. The highest BCUT2D eigenvalue weighted by Gasteiger charge is 2.47. The number of hydrogen-bond donors (Lipinski definition) is 1. The molecule has 0 fully saturated rings. The summed E-state index contributed by atoms with van der Waals surface area (Å²) < 4.78 is 17.6. The number of furan rings is 1. The molecule has 1 N–H and O–H groups in total. The van der Waals surface area contributed by atoms with Crippen molar-refractivity contribution in [1.82, 2.24) is 10.2 Å². The molecule has 0 aliphatic carbocycles. The Morgan fingerprint density at radius 1 is 1.09 bits per heavy atom. The number of ketones is 1. The maximum atomic E-state index is 14.0. The second-order valence-corrected chi connectivity index (χ2v) is 12.6. The molecule has 0 spiro atoms. The molecule has 1 aliphatic rings. The van der Waals surface area contributed by atoms with Crippen molar-refractivity contribution in [3.63, 3.8) is 0 Å². The third kappa shape index (κ3) is 5.63. The summed E-state index contributed by atoms with van der Waals surface area (Å²) in [6, 6.07) is 18.0. The van der Waals surface area contributed by atoms with Crippen LogP contribution in [-0.4, -0.2) is 40.7 Å². The number of aliphatic hydroxyl groups is 1. The summed E-state index contributed by atoms with van der Waals surface area (Å²) in [7, 11) is 1.49. The van der Waals surface area contributed by atoms with Gasteiger partial charge in [0.1, 0.15) is 5.58 Å². The van der Waals surface area contributed by atoms with Gasteiger partial charge in [0.2, 0.25) is 10.9 Å². The minimum Gasteiger partial charge on any atom is -0.503 e. The van der Waals surface area contributed by atoms with Gasteiger partial charge in [0.05, 0.1) is 25.3 Å². The Kier molecular flexibility index (Phi) is 8.55. The molecule has 0 saturated carbocycles. The van der Waals surface area contributed by atoms with E-state index in [1.54, 1.807) is 48.5 Å². The van der Waals surface area contributed by atoms with E-state index in [1.165, 1.54) is 23.8 Å². The number of aliphatic hydroxyl groups excluding tert-OH is 1. The molecular weight excluding hydrogens is 645 g/mol. The van der Waals surface area contributed by atoms with Gasteiger partial charge < -0.3 is 19.0 Å². The molecule has 1 aliphatic heterocycles. The van der Waals surface area contributed by atoms with Crippen LogP contribution in [0.25, 0.3) is 11.0 Å². The number of amides is 1. The fourth-order valence-electron chi connectivity index (χ4n) is 4.84. The van der Waals surface area contributed by atoms with Gasteiger partial charge in [-0.15, -0.1) is 10.2 Å². The third-order valence-corrected chi connectivity index (χ3v) is 9.57. The van der Waals surface area contributed by atoms with Crippen molar-refractivity contribution in [1.29, 1.82) is 0 Å². The van der Waals surface area contributed by atoms with Crippen molar-refractivity contribution >= 4 is 74.1 Å². The summed E-state index contributed by atoms with van der Waals surface area (Å²) in [6.45, 7) is 2.26. The largest absolute Gasteiger partial charge is 0.503 e. The van der Waals surface area contributed by atoms with E-state index in [9.17, 15) is 14.7 Å². The highest BCUT2D eigenvalue weighted by molar-refractivity contribution is 8.00. The summed E-state index contributed by atoms with van der Waals surface area (Å²) in [5.74, 6) is -0.781. The van der Waals surface area contributed by atoms with E-state index in [-0.39, 0.29) is 16.5 Å². The molecule has 9 nitrogen and oxygen atoms in total. The lowest BCUT2D eigenvalue weighted by Crippen LogP contribution is -2.31. The van der Waals surface area contributed by atoms with Crippen LogP contribution in [0.1, 0.15) is 34.6 Å². The Balaban J connectivity index is 1.39. The summed E-state index contributed by atoms with van der Waals surface area (Å²) >= 11 is 14.9. The molecule has 44 heavy (non-hydrogen) atoms. The normalized spacial score (nSPS) is 15.0. The molecule has 5 aromatic rings. The van der Waals surface area contributed by atoms with Crippen LogP contribution in [0.15, 0.2) is 86.8 Å². The minimum atomic E-state index is -1.07. The second-order valence-electron chi connectivity index (χ2n) is 9.54. The highest BCUT2D eigenvalue weighted by Crippen LogP contribution is 2.46. The first-order chi connectivity index (χ1) is 21.3. The van der Waals surface area contributed by atoms with Crippen molar-refractivity contribution in [3.05, 3.63) is 105 Å². The smallest absolute Gasteiger partial charge is 0.296 e. The number of anilines is 1. The number of aromatic nitrogens is 2. The molecular formula is C31H23Cl2N3O6S2. The summed E-state index contributed by atoms with van der Waals surface area (Å²) in [4.78, 5) is 28.9. The summed E-state index contributed by atoms with van der Waals surface area (Å²) in [5, 5.41) is 21.7. The first-order valence-corrected chi connectivity index (χ1v) is 15.9. The zero-order chi connectivity index (χ0) is 31.0. The van der Waals surface area contributed by atoms with Gasteiger partial charge in [0.15, 0.2) is 27.4 Å². The lowest BCUT2D eigenvalue weighted by molar-refractivity contribution is -0.117. The van der Waals surface area contributed by atoms with Crippen LogP contribution >= 0.6 is 46.3 Å². The number of para-hydroxylation sites is 1. The van der Waals surface area contributed by atoms with Crippen LogP contribution in [0.3, 0.4) is 0 Å². The lowest BCUT2D eigenvalue weighted by Gasteiger charge is -2.24. The van der Waals surface area contributed by atoms with Crippen LogP contribution in [0.4, 0.5) is 5.13 Å². The van der Waals surface area contributed by atoms with E-state index in [4.69, 9.17) is 37.1 Å². The SMILES string of the molecule is CCOc1ccc(C2C(C(=O)c3cc4ccccc4o3)=C(O)C(=O)N2c2nnc(SCc3ccc(Cl)cc3Cl)s2)cc1OC. The number of fused-ring (bicyclic) bond motifs is 1. The van der Waals surface area contributed by atoms with Crippen LogP contribution in [-0.2, 0) is 10.5 Å². The van der Waals surface area contributed by atoms with E-state index in [0.717, 1.165) is 16.9 Å². The summed E-state index contributed by atoms with van der Waals surface area (Å²) in [5.41, 5.74) is 1.69. The first-order valence-electron chi connectivity index (χ1n) is 13.3. The van der Waals surface area contributed by atoms with E-state index in [2.05, 4.69) is 10.2 Å². The van der Waals surface area contributed by atoms with Gasteiger partial charge in [0.25, 0.3) is 5.91 Å². The van der Waals surface area contributed by atoms with Crippen LogP contribution in [0.5, 0.6) is 11.5 Å². The molecule has 2 aromatic heterocycles. The van der Waals surface area contributed by atoms with E-state index in [0.29, 0.717) is 54.8 Å². The minimum absolute atomic E-state index is 0.0151. The topological polar surface area (TPSA) is 115 Å². The first kappa shape index (κ1) is 30.0. The van der Waals surface area contributed by atoms with Crippen molar-refractivity contribution in [2.24, 2.45) is 0 Å². The Bertz CT molecular complexity index is 1910. The molecule has 0 radical (unpaired) electrons. The van der Waals surface area contributed by atoms with E-state index < -0.39 is 23.5 Å². The highest BCUT2D eigenvalue weighted by atomic mass is 35.5. The number of Topliss-reactive ketones (excluding diaryl/α,β-unsaturated/α-hetero) is 1. The lowest BCUT2D eigenvalue weighted by atomic mass is 9.95. The van der Waals surface area contributed by atoms with Gasteiger partial charge >= 0.3 is 0 Å². The number of nitrogens with zero attached hydrogens (tertiary/aromatic N) is 3. The molecule has 1 amide bonds. The quantitative estimate of drug-likeness (QED) is 0.0896. The molecule has 224 valence electrons. The van der Waals surface area contributed by atoms with Crippen LogP contribution in [0, 0.1) is 0 Å². The van der Waals surface area contributed by atoms with Crippen LogP contribution < -0.4 is 14.4 Å². The number of carbonyl (C=O) groups is 2. The van der Waals surface area contributed by atoms with Crippen molar-refractivity contribution < 1.29 is 28.6 Å². The Morgan fingerprint density at radius 2 is 1.91 bits per heavy atom. The van der Waals surface area contributed by atoms with Crippen LogP contribution in [0.2, 0.25) is 10.0 Å². The fourth-order valence-corrected chi connectivity index (χ4v) is 7.27. The monoisotopic (exact) mass is 667 g/mol. The Labute approximate surface area is 270 Å². The van der Waals surface area contributed by atoms with E-state index in [1.807, 2.05) is 25.1 Å². The van der Waals surface area contributed by atoms with Gasteiger partial charge in [-0.1, -0.05) is 76.6 Å². The van der Waals surface area contributed by atoms with Gasteiger partial charge in [-0.3, -0.25) is 14.5 Å². The van der Waals surface area contributed by atoms with Crippen molar-refractivity contribution in [3.8, 4) is 11.5 Å². The van der Waals surface area contributed by atoms with Gasteiger partial charge in [-0.25, -0.2) is 0 Å². The third-order valence-electron chi connectivity index (χ3n) is 6.87. The number of methoxy groups -OCH3 is 1. The molecule has 1 atom stereocenters. The number of carbonyl (C=O) groups excluding carboxylic acids is 2. The van der Waals surface area contributed by atoms with Gasteiger partial charge in [-0.05, 0) is 54.4 Å². The summed E-state index contributed by atoms with van der Waals surface area (Å²) in [6.07, 6.45) is 0. The zero-order valence-electron chi connectivity index (χ0n) is 23.2. The number of halogens is 2. The van der Waals surface area contributed by atoms with Gasteiger partial charge in [0, 0.05) is 21.2 Å². The van der Waals surface area contributed by atoms with Crippen molar-refractivity contribution in [2.75, 3.05) is 18.6 Å². The molecule has 0 bridgehead atoms. The average Bonchev–Trinajstić information content (AvgIpc) is 3.73. The number of hydrogen-bond acceptors (Lipinski definition) is 10. The maximum absolute atomic E-state index is 14.0. The Morgan fingerprint density at radius 3 is 2.66 bits per heavy atom. The Hall–Kier alpha value is -4.03. The molecule has 1 unspecified atom stereocenters. The molecule has 3 aromatic carbocycles. The predicted octanol–water partition coefficient (Wildman–Crippen LogP) is 8.07. The molecule has 3 heterocycles.